The van der Waals surface area contributed by atoms with Crippen molar-refractivity contribution < 1.29 is 24.5 Å². The molecule has 5 N–H and O–H groups in total. The zero-order valence-corrected chi connectivity index (χ0v) is 10.1. The van der Waals surface area contributed by atoms with Crippen LogP contribution in [0.2, 0.25) is 0 Å². The van der Waals surface area contributed by atoms with Gasteiger partial charge in [-0.2, -0.15) is 0 Å². The Morgan fingerprint density at radius 1 is 0.950 bits per heavy atom. The molecule has 0 heterocycles. The SMILES string of the molecule is O=C(Nc1cccc(F)c1)Nc1cc(O)c(O)c(O)c1. The fraction of sp³-hybridized carbons (Fsp3) is 0. The van der Waals surface area contributed by atoms with E-state index in [1.807, 2.05) is 0 Å². The van der Waals surface area contributed by atoms with E-state index in [0.29, 0.717) is 0 Å². The predicted molar refractivity (Wildman–Crippen MR) is 70.5 cm³/mol. The molecule has 0 aromatic heterocycles. The van der Waals surface area contributed by atoms with Gasteiger partial charge in [-0.05, 0) is 18.2 Å². The van der Waals surface area contributed by atoms with E-state index in [0.717, 1.165) is 18.2 Å². The van der Waals surface area contributed by atoms with E-state index in [1.54, 1.807) is 0 Å². The average Bonchev–Trinajstić information content (AvgIpc) is 2.35. The highest BCUT2D eigenvalue weighted by atomic mass is 19.1. The van der Waals surface area contributed by atoms with Crippen molar-refractivity contribution in [2.24, 2.45) is 0 Å². The van der Waals surface area contributed by atoms with Crippen molar-refractivity contribution in [3.8, 4) is 17.2 Å². The molecule has 0 aliphatic carbocycles. The summed E-state index contributed by atoms with van der Waals surface area (Å²) in [4.78, 5) is 11.6. The van der Waals surface area contributed by atoms with Crippen molar-refractivity contribution in [1.29, 1.82) is 0 Å². The summed E-state index contributed by atoms with van der Waals surface area (Å²) in [5, 5.41) is 32.4. The van der Waals surface area contributed by atoms with Gasteiger partial charge >= 0.3 is 6.03 Å². The number of aromatic hydroxyl groups is 3. The van der Waals surface area contributed by atoms with Crippen LogP contribution in [0.25, 0.3) is 0 Å². The van der Waals surface area contributed by atoms with E-state index in [1.165, 1.54) is 18.2 Å². The molecule has 2 rings (SSSR count). The number of rotatable bonds is 2. The number of hydrogen-bond donors (Lipinski definition) is 5. The zero-order chi connectivity index (χ0) is 14.7. The Morgan fingerprint density at radius 2 is 1.55 bits per heavy atom. The summed E-state index contributed by atoms with van der Waals surface area (Å²) < 4.78 is 12.9. The molecule has 104 valence electrons. The predicted octanol–water partition coefficient (Wildman–Crippen LogP) is 2.59. The molecule has 0 bridgehead atoms. The molecule has 0 aliphatic rings. The number of benzene rings is 2. The van der Waals surface area contributed by atoms with E-state index in [4.69, 9.17) is 5.11 Å². The van der Waals surface area contributed by atoms with Crippen LogP contribution in [0.4, 0.5) is 20.6 Å². The summed E-state index contributed by atoms with van der Waals surface area (Å²) in [7, 11) is 0. The van der Waals surface area contributed by atoms with E-state index in [-0.39, 0.29) is 11.4 Å². The van der Waals surface area contributed by atoms with Crippen molar-refractivity contribution in [2.75, 3.05) is 10.6 Å². The number of carbonyl (C=O) groups excluding carboxylic acids is 1. The number of hydrogen-bond acceptors (Lipinski definition) is 4. The Hall–Kier alpha value is -2.96. The second-order valence-electron chi connectivity index (χ2n) is 3.95. The number of nitrogens with one attached hydrogen (secondary N) is 2. The summed E-state index contributed by atoms with van der Waals surface area (Å²) in [5.74, 6) is -2.33. The molecule has 2 aromatic rings. The van der Waals surface area contributed by atoms with Gasteiger partial charge in [0, 0.05) is 17.8 Å². The lowest BCUT2D eigenvalue weighted by Crippen LogP contribution is -2.19. The minimum absolute atomic E-state index is 0.0618. The fourth-order valence-electron chi connectivity index (χ4n) is 1.54. The molecule has 0 saturated heterocycles. The van der Waals surface area contributed by atoms with E-state index < -0.39 is 29.1 Å². The first-order valence-electron chi connectivity index (χ1n) is 5.54. The molecule has 0 saturated carbocycles. The number of amides is 2. The molecule has 0 spiro atoms. The van der Waals surface area contributed by atoms with Gasteiger partial charge in [-0.25, -0.2) is 9.18 Å². The zero-order valence-electron chi connectivity index (χ0n) is 10.1. The third-order valence-corrected chi connectivity index (χ3v) is 2.41. The van der Waals surface area contributed by atoms with E-state index in [2.05, 4.69) is 10.6 Å². The normalized spacial score (nSPS) is 10.1. The summed E-state index contributed by atoms with van der Waals surface area (Å²) in [6.07, 6.45) is 0. The summed E-state index contributed by atoms with van der Waals surface area (Å²) in [5.41, 5.74) is 0.307. The molecular weight excluding hydrogens is 267 g/mol. The van der Waals surface area contributed by atoms with Crippen LogP contribution in [0.3, 0.4) is 0 Å². The fourth-order valence-corrected chi connectivity index (χ4v) is 1.54. The number of phenols is 3. The van der Waals surface area contributed by atoms with Gasteiger partial charge in [0.2, 0.25) is 0 Å². The maximum Gasteiger partial charge on any atom is 0.323 e. The quantitative estimate of drug-likeness (QED) is 0.430. The Labute approximate surface area is 113 Å². The van der Waals surface area contributed by atoms with Crippen LogP contribution in [0, 0.1) is 5.82 Å². The third kappa shape index (κ3) is 3.08. The molecule has 0 unspecified atom stereocenters. The van der Waals surface area contributed by atoms with Crippen LogP contribution in [-0.2, 0) is 0 Å². The summed E-state index contributed by atoms with van der Waals surface area (Å²) in [6, 6.07) is 6.71. The van der Waals surface area contributed by atoms with E-state index in [9.17, 15) is 19.4 Å². The summed E-state index contributed by atoms with van der Waals surface area (Å²) in [6.45, 7) is 0. The standard InChI is InChI=1S/C13H11FN2O4/c14-7-2-1-3-8(4-7)15-13(20)16-9-5-10(17)12(19)11(18)6-9/h1-6,17-19H,(H2,15,16,20). The molecular formula is C13H11FN2O4. The van der Waals surface area contributed by atoms with Crippen LogP contribution in [0.15, 0.2) is 36.4 Å². The monoisotopic (exact) mass is 278 g/mol. The van der Waals surface area contributed by atoms with E-state index >= 15 is 0 Å². The lowest BCUT2D eigenvalue weighted by atomic mass is 10.2. The lowest BCUT2D eigenvalue weighted by Gasteiger charge is -2.09. The van der Waals surface area contributed by atoms with Gasteiger partial charge in [0.25, 0.3) is 0 Å². The van der Waals surface area contributed by atoms with Gasteiger partial charge in [-0.15, -0.1) is 0 Å². The maximum atomic E-state index is 12.9. The van der Waals surface area contributed by atoms with Crippen LogP contribution < -0.4 is 10.6 Å². The van der Waals surface area contributed by atoms with Gasteiger partial charge in [0.1, 0.15) is 5.82 Å². The van der Waals surface area contributed by atoms with Gasteiger partial charge in [-0.3, -0.25) is 0 Å². The van der Waals surface area contributed by atoms with Crippen LogP contribution in [0.1, 0.15) is 0 Å². The van der Waals surface area contributed by atoms with Gasteiger partial charge < -0.3 is 26.0 Å². The first kappa shape index (κ1) is 13.5. The highest BCUT2D eigenvalue weighted by molar-refractivity contribution is 6.00. The molecule has 2 amide bonds. The molecule has 0 atom stereocenters. The number of carbonyl (C=O) groups is 1. The minimum Gasteiger partial charge on any atom is -0.504 e. The second kappa shape index (κ2) is 5.35. The van der Waals surface area contributed by atoms with Crippen molar-refractivity contribution in [1.82, 2.24) is 0 Å². The number of phenolic OH excluding ortho intramolecular Hbond substituents is 3. The minimum atomic E-state index is -0.694. The smallest absolute Gasteiger partial charge is 0.323 e. The van der Waals surface area contributed by atoms with Crippen LogP contribution >= 0.6 is 0 Å². The molecule has 6 nitrogen and oxygen atoms in total. The second-order valence-corrected chi connectivity index (χ2v) is 3.95. The van der Waals surface area contributed by atoms with Gasteiger partial charge in [0.05, 0.1) is 5.69 Å². The van der Waals surface area contributed by atoms with Crippen molar-refractivity contribution >= 4 is 17.4 Å². The van der Waals surface area contributed by atoms with Crippen molar-refractivity contribution in [2.45, 2.75) is 0 Å². The Bertz CT molecular complexity index is 638. The third-order valence-electron chi connectivity index (χ3n) is 2.41. The van der Waals surface area contributed by atoms with Crippen molar-refractivity contribution in [3.05, 3.63) is 42.2 Å². The Kier molecular flexibility index (Phi) is 3.60. The number of halogens is 1. The molecule has 7 heteroatoms. The van der Waals surface area contributed by atoms with Gasteiger partial charge in [-0.1, -0.05) is 6.07 Å². The number of urea groups is 1. The highest BCUT2D eigenvalue weighted by Gasteiger charge is 2.10. The molecule has 0 radical (unpaired) electrons. The van der Waals surface area contributed by atoms with Crippen LogP contribution in [-0.4, -0.2) is 21.4 Å². The highest BCUT2D eigenvalue weighted by Crippen LogP contribution is 2.37. The average molecular weight is 278 g/mol. The number of anilines is 2. The lowest BCUT2D eigenvalue weighted by molar-refractivity contribution is 0.262. The molecule has 2 aromatic carbocycles. The maximum absolute atomic E-state index is 12.9. The first-order valence-corrected chi connectivity index (χ1v) is 5.54. The molecule has 20 heavy (non-hydrogen) atoms. The largest absolute Gasteiger partial charge is 0.504 e. The van der Waals surface area contributed by atoms with Gasteiger partial charge in [0.15, 0.2) is 17.2 Å². The van der Waals surface area contributed by atoms with Crippen LogP contribution in [0.5, 0.6) is 17.2 Å². The topological polar surface area (TPSA) is 102 Å². The first-order chi connectivity index (χ1) is 9.45. The Balaban J connectivity index is 2.09. The summed E-state index contributed by atoms with van der Waals surface area (Å²) >= 11 is 0. The van der Waals surface area contributed by atoms with Crippen molar-refractivity contribution in [3.63, 3.8) is 0 Å². The molecule has 0 aliphatic heterocycles. The Morgan fingerprint density at radius 3 is 2.15 bits per heavy atom. The molecule has 0 fully saturated rings.